The number of rotatable bonds is 7. The Morgan fingerprint density at radius 2 is 1.76 bits per heavy atom. The van der Waals surface area contributed by atoms with Crippen molar-refractivity contribution in [1.29, 1.82) is 0 Å². The molecule has 9 heteroatoms. The number of carbonyl (C=O) groups excluding carboxylic acids is 3. The van der Waals surface area contributed by atoms with Gasteiger partial charge in [-0.3, -0.25) is 9.59 Å². The highest BCUT2D eigenvalue weighted by Crippen LogP contribution is 2.47. The van der Waals surface area contributed by atoms with Gasteiger partial charge < -0.3 is 24.8 Å². The van der Waals surface area contributed by atoms with Crippen molar-refractivity contribution in [1.82, 2.24) is 5.32 Å². The van der Waals surface area contributed by atoms with E-state index in [0.717, 1.165) is 31.7 Å². The van der Waals surface area contributed by atoms with Gasteiger partial charge in [-0.05, 0) is 43.0 Å². The predicted molar refractivity (Wildman–Crippen MR) is 121 cm³/mol. The summed E-state index contributed by atoms with van der Waals surface area (Å²) < 4.78 is 30.9. The smallest absolute Gasteiger partial charge is 0.329 e. The van der Waals surface area contributed by atoms with Crippen LogP contribution < -0.4 is 20.1 Å². The first-order valence-electron chi connectivity index (χ1n) is 11.3. The predicted octanol–water partition coefficient (Wildman–Crippen LogP) is 3.80. The average molecular weight is 470 g/mol. The summed E-state index contributed by atoms with van der Waals surface area (Å²) in [5.74, 6) is -2.52. The molecule has 2 aromatic rings. The summed E-state index contributed by atoms with van der Waals surface area (Å²) >= 11 is 0. The molecule has 1 saturated carbocycles. The molecule has 2 aromatic carbocycles. The highest BCUT2D eigenvalue weighted by Gasteiger charge is 2.44. The highest BCUT2D eigenvalue weighted by atomic mass is 19.1. The quantitative estimate of drug-likeness (QED) is 0.597. The molecule has 1 atom stereocenters. The number of benzene rings is 2. The lowest BCUT2D eigenvalue weighted by Crippen LogP contribution is -2.46. The van der Waals surface area contributed by atoms with Gasteiger partial charge in [-0.25, -0.2) is 9.18 Å². The second-order valence-corrected chi connectivity index (χ2v) is 8.81. The number of hydrogen-bond donors (Lipinski definition) is 2. The van der Waals surface area contributed by atoms with Crippen LogP contribution >= 0.6 is 0 Å². The van der Waals surface area contributed by atoms with Crippen LogP contribution in [0.5, 0.6) is 11.5 Å². The van der Waals surface area contributed by atoms with Crippen LogP contribution in [0, 0.1) is 11.7 Å². The van der Waals surface area contributed by atoms with Gasteiger partial charge in [0.2, 0.25) is 0 Å². The van der Waals surface area contributed by atoms with Gasteiger partial charge in [0.25, 0.3) is 17.6 Å². The molecule has 2 N–H and O–H groups in total. The fourth-order valence-corrected chi connectivity index (χ4v) is 4.07. The van der Waals surface area contributed by atoms with Crippen molar-refractivity contribution in [3.8, 4) is 11.5 Å². The van der Waals surface area contributed by atoms with Crippen LogP contribution in [-0.2, 0) is 14.3 Å². The lowest BCUT2D eigenvalue weighted by Gasteiger charge is -2.21. The summed E-state index contributed by atoms with van der Waals surface area (Å²) in [5.41, 5.74) is 0.299. The summed E-state index contributed by atoms with van der Waals surface area (Å²) in [4.78, 5) is 37.3. The van der Waals surface area contributed by atoms with Crippen LogP contribution in [0.2, 0.25) is 0 Å². The molecule has 1 aliphatic heterocycles. The van der Waals surface area contributed by atoms with Crippen molar-refractivity contribution in [2.45, 2.75) is 51.4 Å². The number of amides is 2. The van der Waals surface area contributed by atoms with E-state index in [2.05, 4.69) is 10.6 Å². The molecule has 4 rings (SSSR count). The summed E-state index contributed by atoms with van der Waals surface area (Å²) in [7, 11) is 0. The number of carbonyl (C=O) groups is 3. The number of fused-ring (bicyclic) bond motifs is 1. The highest BCUT2D eigenvalue weighted by molar-refractivity contribution is 5.98. The molecule has 1 aliphatic carbocycles. The number of halogens is 1. The standard InChI is InChI=1S/C25H27FN2O6/c1-15(2)22(28-23(30)17-7-3-4-8-18(17)26)24(31)32-14-21(29)27-16-9-10-19-20(13-16)34-25(33-19)11-5-6-12-25/h3-4,7-10,13,15,22H,5-6,11-12,14H2,1-2H3,(H,27,29)(H,28,30)/t22-/m0/s1. The second-order valence-electron chi connectivity index (χ2n) is 8.81. The van der Waals surface area contributed by atoms with Crippen LogP contribution in [0.1, 0.15) is 49.9 Å². The summed E-state index contributed by atoms with van der Waals surface area (Å²) in [5, 5.41) is 5.14. The van der Waals surface area contributed by atoms with Crippen molar-refractivity contribution in [2.24, 2.45) is 5.92 Å². The zero-order chi connectivity index (χ0) is 24.3. The summed E-state index contributed by atoms with van der Waals surface area (Å²) in [6.45, 7) is 2.87. The minimum atomic E-state index is -1.05. The molecular formula is C25H27FN2O6. The number of hydrogen-bond acceptors (Lipinski definition) is 6. The van der Waals surface area contributed by atoms with E-state index < -0.39 is 42.0 Å². The first-order valence-corrected chi connectivity index (χ1v) is 11.3. The molecule has 1 fully saturated rings. The number of nitrogens with one attached hydrogen (secondary N) is 2. The Morgan fingerprint density at radius 1 is 1.06 bits per heavy atom. The summed E-state index contributed by atoms with van der Waals surface area (Å²) in [6.07, 6.45) is 3.73. The van der Waals surface area contributed by atoms with Crippen LogP contribution in [0.25, 0.3) is 0 Å². The van der Waals surface area contributed by atoms with Gasteiger partial charge in [0.05, 0.1) is 5.56 Å². The van der Waals surface area contributed by atoms with E-state index in [0.29, 0.717) is 17.2 Å². The Bertz CT molecular complexity index is 1100. The Hall–Kier alpha value is -3.62. The lowest BCUT2D eigenvalue weighted by atomic mass is 10.0. The van der Waals surface area contributed by atoms with Crippen molar-refractivity contribution in [2.75, 3.05) is 11.9 Å². The maximum atomic E-state index is 13.9. The van der Waals surface area contributed by atoms with E-state index in [4.69, 9.17) is 14.2 Å². The Balaban J connectivity index is 1.31. The molecule has 2 aliphatic rings. The number of ether oxygens (including phenoxy) is 3. The van der Waals surface area contributed by atoms with Gasteiger partial charge in [-0.2, -0.15) is 0 Å². The minimum Gasteiger partial charge on any atom is -0.454 e. The van der Waals surface area contributed by atoms with Gasteiger partial charge >= 0.3 is 5.97 Å². The number of esters is 1. The van der Waals surface area contributed by atoms with Gasteiger partial charge in [-0.1, -0.05) is 26.0 Å². The van der Waals surface area contributed by atoms with E-state index in [1.54, 1.807) is 32.0 Å². The minimum absolute atomic E-state index is 0.180. The molecule has 0 aromatic heterocycles. The Kier molecular flexibility index (Phi) is 6.72. The first kappa shape index (κ1) is 23.5. The molecule has 1 heterocycles. The number of anilines is 1. The third-order valence-corrected chi connectivity index (χ3v) is 5.86. The van der Waals surface area contributed by atoms with E-state index in [9.17, 15) is 18.8 Å². The molecule has 8 nitrogen and oxygen atoms in total. The normalized spacial score (nSPS) is 16.4. The zero-order valence-corrected chi connectivity index (χ0v) is 19.1. The van der Waals surface area contributed by atoms with Gasteiger partial charge in [0.1, 0.15) is 11.9 Å². The largest absolute Gasteiger partial charge is 0.454 e. The maximum absolute atomic E-state index is 13.9. The molecule has 0 bridgehead atoms. The van der Waals surface area contributed by atoms with Crippen molar-refractivity contribution >= 4 is 23.5 Å². The van der Waals surface area contributed by atoms with Gasteiger partial charge in [0, 0.05) is 24.6 Å². The average Bonchev–Trinajstić information content (AvgIpc) is 3.41. The van der Waals surface area contributed by atoms with Crippen LogP contribution in [-0.4, -0.2) is 36.2 Å². The van der Waals surface area contributed by atoms with Gasteiger partial charge in [-0.15, -0.1) is 0 Å². The van der Waals surface area contributed by atoms with E-state index in [-0.39, 0.29) is 11.5 Å². The van der Waals surface area contributed by atoms with Crippen LogP contribution in [0.15, 0.2) is 42.5 Å². The molecule has 2 amide bonds. The van der Waals surface area contributed by atoms with E-state index in [1.165, 1.54) is 18.2 Å². The SMILES string of the molecule is CC(C)[C@H](NC(=O)c1ccccc1F)C(=O)OCC(=O)Nc1ccc2c(c1)OC1(CCCC1)O2. The zero-order valence-electron chi connectivity index (χ0n) is 19.1. The topological polar surface area (TPSA) is 103 Å². The van der Waals surface area contributed by atoms with Crippen LogP contribution in [0.3, 0.4) is 0 Å². The monoisotopic (exact) mass is 470 g/mol. The molecule has 0 saturated heterocycles. The fraction of sp³-hybridized carbons (Fsp3) is 0.400. The van der Waals surface area contributed by atoms with Crippen molar-refractivity contribution in [3.63, 3.8) is 0 Å². The van der Waals surface area contributed by atoms with Crippen LogP contribution in [0.4, 0.5) is 10.1 Å². The maximum Gasteiger partial charge on any atom is 0.329 e. The molecule has 0 unspecified atom stereocenters. The molecule has 0 radical (unpaired) electrons. The molecule has 1 spiro atoms. The fourth-order valence-electron chi connectivity index (χ4n) is 4.07. The Morgan fingerprint density at radius 3 is 2.47 bits per heavy atom. The summed E-state index contributed by atoms with van der Waals surface area (Å²) in [6, 6.07) is 9.51. The van der Waals surface area contributed by atoms with Crippen molar-refractivity contribution in [3.05, 3.63) is 53.8 Å². The Labute approximate surface area is 196 Å². The van der Waals surface area contributed by atoms with E-state index in [1.807, 2.05) is 0 Å². The second kappa shape index (κ2) is 9.70. The third kappa shape index (κ3) is 5.13. The molecule has 180 valence electrons. The first-order chi connectivity index (χ1) is 16.3. The van der Waals surface area contributed by atoms with E-state index >= 15 is 0 Å². The van der Waals surface area contributed by atoms with Gasteiger partial charge in [0.15, 0.2) is 18.1 Å². The van der Waals surface area contributed by atoms with Crippen molar-refractivity contribution < 1.29 is 33.0 Å². The molecular weight excluding hydrogens is 443 g/mol. The lowest BCUT2D eigenvalue weighted by molar-refractivity contribution is -0.150. The third-order valence-electron chi connectivity index (χ3n) is 5.86. The molecule has 34 heavy (non-hydrogen) atoms.